The van der Waals surface area contributed by atoms with Crippen LogP contribution < -0.4 is 0 Å². The van der Waals surface area contributed by atoms with E-state index in [0.717, 1.165) is 22.0 Å². The Morgan fingerprint density at radius 3 is 2.68 bits per heavy atom. The zero-order valence-corrected chi connectivity index (χ0v) is 11.8. The number of rotatable bonds is 2. The van der Waals surface area contributed by atoms with Gasteiger partial charge in [0.1, 0.15) is 0 Å². The van der Waals surface area contributed by atoms with Crippen LogP contribution in [0, 0.1) is 10.1 Å². The molecule has 2 aromatic rings. The first-order valence-electron chi connectivity index (χ1n) is 6.13. The van der Waals surface area contributed by atoms with Gasteiger partial charge in [-0.05, 0) is 40.8 Å². The first kappa shape index (κ1) is 12.4. The molecule has 0 heterocycles. The van der Waals surface area contributed by atoms with Crippen LogP contribution in [0.3, 0.4) is 0 Å². The molecular formula is C15H12BrNO2. The number of nitro groups is 1. The van der Waals surface area contributed by atoms with E-state index in [1.165, 1.54) is 11.1 Å². The summed E-state index contributed by atoms with van der Waals surface area (Å²) >= 11 is 3.47. The topological polar surface area (TPSA) is 43.1 Å². The Hall–Kier alpha value is -1.68. The predicted molar refractivity (Wildman–Crippen MR) is 77.1 cm³/mol. The maximum atomic E-state index is 11.0. The quantitative estimate of drug-likeness (QED) is 0.625. The molecule has 3 nitrogen and oxygen atoms in total. The molecule has 1 aliphatic carbocycles. The minimum Gasteiger partial charge on any atom is -0.265 e. The van der Waals surface area contributed by atoms with Gasteiger partial charge in [-0.25, -0.2) is 0 Å². The summed E-state index contributed by atoms with van der Waals surface area (Å²) in [7, 11) is 0. The second-order valence-electron chi connectivity index (χ2n) is 4.79. The Labute approximate surface area is 119 Å². The van der Waals surface area contributed by atoms with Crippen molar-refractivity contribution in [3.8, 4) is 0 Å². The highest BCUT2D eigenvalue weighted by atomic mass is 79.9. The van der Waals surface area contributed by atoms with E-state index in [0.29, 0.717) is 0 Å². The molecule has 0 spiro atoms. The molecule has 0 fully saturated rings. The van der Waals surface area contributed by atoms with Crippen LogP contribution in [-0.2, 0) is 6.42 Å². The molecule has 0 unspecified atom stereocenters. The molecule has 1 aliphatic rings. The molecule has 2 aromatic carbocycles. The third-order valence-corrected chi connectivity index (χ3v) is 4.12. The maximum Gasteiger partial charge on any atom is 0.214 e. The summed E-state index contributed by atoms with van der Waals surface area (Å²) in [6.07, 6.45) is 0.846. The number of hydrogen-bond donors (Lipinski definition) is 0. The van der Waals surface area contributed by atoms with Gasteiger partial charge in [0.2, 0.25) is 6.54 Å². The summed E-state index contributed by atoms with van der Waals surface area (Å²) in [5, 5.41) is 11.0. The minimum absolute atomic E-state index is 0.0500. The highest BCUT2D eigenvalue weighted by Crippen LogP contribution is 2.37. The fraction of sp³-hybridized carbons (Fsp3) is 0.200. The van der Waals surface area contributed by atoms with E-state index in [-0.39, 0.29) is 17.4 Å². The van der Waals surface area contributed by atoms with Crippen LogP contribution >= 0.6 is 15.9 Å². The first-order chi connectivity index (χ1) is 9.15. The smallest absolute Gasteiger partial charge is 0.214 e. The lowest BCUT2D eigenvalue weighted by Crippen LogP contribution is -2.20. The molecule has 3 rings (SSSR count). The fourth-order valence-corrected chi connectivity index (χ4v) is 3.23. The number of fused-ring (bicyclic) bond motifs is 2. The van der Waals surface area contributed by atoms with Crippen LogP contribution in [0.15, 0.2) is 46.9 Å². The normalized spacial score (nSPS) is 16.6. The second kappa shape index (κ2) is 4.78. The standard InChI is InChI=1S/C15H12BrNO2/c16-12-5-6-14-11(8-12)7-10-3-1-2-4-13(10)15(14)9-17(18)19/h1-6,8,15H,7,9H2/t15-/m0/s1. The highest BCUT2D eigenvalue weighted by Gasteiger charge is 2.28. The average Bonchev–Trinajstić information content (AvgIpc) is 2.37. The van der Waals surface area contributed by atoms with Crippen molar-refractivity contribution in [1.82, 2.24) is 0 Å². The number of nitrogens with zero attached hydrogens (tertiary/aromatic N) is 1. The van der Waals surface area contributed by atoms with Gasteiger partial charge in [0, 0.05) is 9.40 Å². The third kappa shape index (κ3) is 2.28. The second-order valence-corrected chi connectivity index (χ2v) is 5.70. The predicted octanol–water partition coefficient (Wildman–Crippen LogP) is 3.76. The van der Waals surface area contributed by atoms with Gasteiger partial charge >= 0.3 is 0 Å². The molecular weight excluding hydrogens is 306 g/mol. The lowest BCUT2D eigenvalue weighted by atomic mass is 9.78. The van der Waals surface area contributed by atoms with E-state index in [4.69, 9.17) is 0 Å². The Balaban J connectivity index is 2.15. The zero-order valence-electron chi connectivity index (χ0n) is 10.2. The van der Waals surface area contributed by atoms with Crippen molar-refractivity contribution < 1.29 is 4.92 Å². The number of hydrogen-bond acceptors (Lipinski definition) is 2. The van der Waals surface area contributed by atoms with Crippen molar-refractivity contribution in [3.05, 3.63) is 79.3 Å². The molecule has 96 valence electrons. The summed E-state index contributed by atoms with van der Waals surface area (Å²) in [5.74, 6) is -0.136. The van der Waals surface area contributed by atoms with E-state index < -0.39 is 0 Å². The SMILES string of the molecule is O=[N+]([O-])C[C@H]1c2ccccc2Cc2cc(Br)ccc21. The van der Waals surface area contributed by atoms with Crippen molar-refractivity contribution in [3.63, 3.8) is 0 Å². The maximum absolute atomic E-state index is 11.0. The monoisotopic (exact) mass is 317 g/mol. The largest absolute Gasteiger partial charge is 0.265 e. The van der Waals surface area contributed by atoms with E-state index in [1.807, 2.05) is 30.3 Å². The molecule has 0 radical (unpaired) electrons. The van der Waals surface area contributed by atoms with Crippen LogP contribution in [0.25, 0.3) is 0 Å². The van der Waals surface area contributed by atoms with E-state index in [9.17, 15) is 10.1 Å². The van der Waals surface area contributed by atoms with Gasteiger partial charge in [-0.3, -0.25) is 10.1 Å². The molecule has 0 N–H and O–H groups in total. The molecule has 4 heteroatoms. The Morgan fingerprint density at radius 1 is 1.16 bits per heavy atom. The fourth-order valence-electron chi connectivity index (χ4n) is 2.82. The van der Waals surface area contributed by atoms with Gasteiger partial charge < -0.3 is 0 Å². The van der Waals surface area contributed by atoms with Crippen LogP contribution in [-0.4, -0.2) is 11.5 Å². The summed E-state index contributed by atoms with van der Waals surface area (Å²) in [6, 6.07) is 14.0. The van der Waals surface area contributed by atoms with Gasteiger partial charge in [-0.2, -0.15) is 0 Å². The molecule has 19 heavy (non-hydrogen) atoms. The van der Waals surface area contributed by atoms with Gasteiger partial charge in [0.25, 0.3) is 0 Å². The summed E-state index contributed by atoms with van der Waals surface area (Å²) in [5.41, 5.74) is 4.55. The molecule has 0 amide bonds. The van der Waals surface area contributed by atoms with Crippen molar-refractivity contribution in [2.75, 3.05) is 6.54 Å². The molecule has 1 atom stereocenters. The number of benzene rings is 2. The lowest BCUT2D eigenvalue weighted by Gasteiger charge is -2.26. The summed E-state index contributed by atoms with van der Waals surface area (Å²) < 4.78 is 1.02. The minimum atomic E-state index is -0.224. The average molecular weight is 318 g/mol. The van der Waals surface area contributed by atoms with E-state index in [1.54, 1.807) is 0 Å². The van der Waals surface area contributed by atoms with Crippen LogP contribution in [0.5, 0.6) is 0 Å². The molecule has 0 aromatic heterocycles. The molecule has 0 saturated carbocycles. The molecule has 0 aliphatic heterocycles. The van der Waals surface area contributed by atoms with Gasteiger partial charge in [-0.1, -0.05) is 46.3 Å². The molecule has 0 saturated heterocycles. The lowest BCUT2D eigenvalue weighted by molar-refractivity contribution is -0.481. The van der Waals surface area contributed by atoms with Crippen molar-refractivity contribution in [1.29, 1.82) is 0 Å². The zero-order chi connectivity index (χ0) is 13.4. The van der Waals surface area contributed by atoms with Crippen molar-refractivity contribution in [2.45, 2.75) is 12.3 Å². The molecule has 0 bridgehead atoms. The first-order valence-corrected chi connectivity index (χ1v) is 6.92. The van der Waals surface area contributed by atoms with Crippen LogP contribution in [0.1, 0.15) is 28.2 Å². The highest BCUT2D eigenvalue weighted by molar-refractivity contribution is 9.10. The van der Waals surface area contributed by atoms with Crippen molar-refractivity contribution in [2.24, 2.45) is 0 Å². The van der Waals surface area contributed by atoms with Gasteiger partial charge in [-0.15, -0.1) is 0 Å². The number of halogens is 1. The van der Waals surface area contributed by atoms with E-state index in [2.05, 4.69) is 28.1 Å². The van der Waals surface area contributed by atoms with Gasteiger partial charge in [0.15, 0.2) is 0 Å². The Bertz CT molecular complexity index is 654. The van der Waals surface area contributed by atoms with Gasteiger partial charge in [0.05, 0.1) is 5.92 Å². The van der Waals surface area contributed by atoms with Crippen molar-refractivity contribution >= 4 is 15.9 Å². The Morgan fingerprint density at radius 2 is 1.89 bits per heavy atom. The van der Waals surface area contributed by atoms with Crippen LogP contribution in [0.2, 0.25) is 0 Å². The Kier molecular flexibility index (Phi) is 3.11. The van der Waals surface area contributed by atoms with E-state index >= 15 is 0 Å². The third-order valence-electron chi connectivity index (χ3n) is 3.62. The summed E-state index contributed by atoms with van der Waals surface area (Å²) in [4.78, 5) is 10.7. The summed E-state index contributed by atoms with van der Waals surface area (Å²) in [6.45, 7) is -0.0500. The van der Waals surface area contributed by atoms with Crippen LogP contribution in [0.4, 0.5) is 0 Å².